The average molecular weight is 326 g/mol. The second-order valence-corrected chi connectivity index (χ2v) is 5.21. The molecule has 0 unspecified atom stereocenters. The number of hydrogen-bond donors (Lipinski definition) is 3. The predicted molar refractivity (Wildman–Crippen MR) is 90.3 cm³/mol. The molecule has 3 rings (SSSR count). The number of aliphatic hydroxyl groups is 1. The topological polar surface area (TPSA) is 97.0 Å². The van der Waals surface area contributed by atoms with Crippen molar-refractivity contribution in [2.45, 2.75) is 13.5 Å². The minimum Gasteiger partial charge on any atom is -0.394 e. The lowest BCUT2D eigenvalue weighted by atomic mass is 10.2. The molecule has 3 N–H and O–H groups in total. The van der Waals surface area contributed by atoms with E-state index in [9.17, 15) is 4.79 Å². The van der Waals surface area contributed by atoms with E-state index in [1.165, 1.54) is 6.20 Å². The number of nitrogens with one attached hydrogen (secondary N) is 2. The van der Waals surface area contributed by atoms with Gasteiger partial charge in [0.05, 0.1) is 36.9 Å². The quantitative estimate of drug-likeness (QED) is 0.668. The Kier molecular flexibility index (Phi) is 4.57. The molecule has 24 heavy (non-hydrogen) atoms. The Bertz CT molecular complexity index is 838. The molecule has 3 aromatic rings. The summed E-state index contributed by atoms with van der Waals surface area (Å²) in [4.78, 5) is 12.2. The Hall–Kier alpha value is -3.13. The van der Waals surface area contributed by atoms with Crippen LogP contribution in [0.5, 0.6) is 0 Å². The van der Waals surface area contributed by atoms with Gasteiger partial charge in [-0.1, -0.05) is 18.2 Å². The van der Waals surface area contributed by atoms with Crippen molar-refractivity contribution in [3.63, 3.8) is 0 Å². The van der Waals surface area contributed by atoms with Gasteiger partial charge in [0, 0.05) is 12.3 Å². The third kappa shape index (κ3) is 3.44. The summed E-state index contributed by atoms with van der Waals surface area (Å²) >= 11 is 0. The first-order valence-electron chi connectivity index (χ1n) is 7.49. The molecule has 1 aromatic carbocycles. The van der Waals surface area contributed by atoms with Gasteiger partial charge in [-0.2, -0.15) is 10.2 Å². The zero-order valence-electron chi connectivity index (χ0n) is 13.2. The Labute approximate surface area is 138 Å². The smallest absolute Gasteiger partial charge is 0.324 e. The number of carbonyl (C=O) groups excluding carboxylic acids is 1. The number of aromatic nitrogens is 4. The van der Waals surface area contributed by atoms with Crippen molar-refractivity contribution in [2.75, 3.05) is 17.2 Å². The maximum Gasteiger partial charge on any atom is 0.324 e. The summed E-state index contributed by atoms with van der Waals surface area (Å²) in [6, 6.07) is 9.12. The maximum atomic E-state index is 12.2. The largest absolute Gasteiger partial charge is 0.394 e. The lowest BCUT2D eigenvalue weighted by molar-refractivity contribution is 0.262. The number of para-hydroxylation sites is 1. The lowest BCUT2D eigenvalue weighted by Gasteiger charge is -2.11. The van der Waals surface area contributed by atoms with Crippen LogP contribution in [0.25, 0.3) is 5.69 Å². The number of nitrogens with zero attached hydrogens (tertiary/aromatic N) is 4. The molecule has 0 spiro atoms. The summed E-state index contributed by atoms with van der Waals surface area (Å²) < 4.78 is 3.22. The van der Waals surface area contributed by atoms with E-state index in [-0.39, 0.29) is 6.61 Å². The van der Waals surface area contributed by atoms with E-state index >= 15 is 0 Å². The van der Waals surface area contributed by atoms with Gasteiger partial charge in [-0.3, -0.25) is 10.00 Å². The van der Waals surface area contributed by atoms with Crippen LogP contribution in [0.4, 0.5) is 16.3 Å². The first-order chi connectivity index (χ1) is 11.7. The molecular weight excluding hydrogens is 308 g/mol. The number of hydrogen-bond acceptors (Lipinski definition) is 4. The van der Waals surface area contributed by atoms with Crippen LogP contribution in [0.1, 0.15) is 5.56 Å². The number of amides is 2. The second kappa shape index (κ2) is 6.97. The van der Waals surface area contributed by atoms with Gasteiger partial charge in [-0.25, -0.2) is 9.48 Å². The first-order valence-corrected chi connectivity index (χ1v) is 7.49. The lowest BCUT2D eigenvalue weighted by Crippen LogP contribution is -2.21. The van der Waals surface area contributed by atoms with Crippen LogP contribution in [-0.4, -0.2) is 37.3 Å². The summed E-state index contributed by atoms with van der Waals surface area (Å²) in [5.41, 5.74) is 2.49. The van der Waals surface area contributed by atoms with Crippen molar-refractivity contribution in [3.05, 3.63) is 54.5 Å². The van der Waals surface area contributed by atoms with Crippen LogP contribution in [0, 0.1) is 6.92 Å². The highest BCUT2D eigenvalue weighted by molar-refractivity contribution is 5.99. The van der Waals surface area contributed by atoms with E-state index in [1.807, 2.05) is 31.2 Å². The molecule has 0 aliphatic rings. The summed E-state index contributed by atoms with van der Waals surface area (Å²) in [7, 11) is 0. The number of aryl methyl sites for hydroxylation is 1. The van der Waals surface area contributed by atoms with Gasteiger partial charge >= 0.3 is 6.03 Å². The van der Waals surface area contributed by atoms with E-state index in [4.69, 9.17) is 5.11 Å². The highest BCUT2D eigenvalue weighted by Gasteiger charge is 2.11. The van der Waals surface area contributed by atoms with E-state index in [0.29, 0.717) is 18.1 Å². The summed E-state index contributed by atoms with van der Waals surface area (Å²) in [5.74, 6) is 0.560. The minimum absolute atomic E-state index is 0.0110. The molecule has 0 saturated heterocycles. The number of urea groups is 1. The Morgan fingerprint density at radius 2 is 2.04 bits per heavy atom. The summed E-state index contributed by atoms with van der Waals surface area (Å²) in [5, 5.41) is 22.6. The fourth-order valence-electron chi connectivity index (χ4n) is 2.32. The molecule has 0 atom stereocenters. The SMILES string of the molecule is Cc1ccccc1-n1nccc1NC(=O)Nc1cnn(CCO)c1. The van der Waals surface area contributed by atoms with Crippen LogP contribution in [0.3, 0.4) is 0 Å². The first kappa shape index (κ1) is 15.8. The molecule has 0 fully saturated rings. The number of aliphatic hydroxyl groups excluding tert-OH is 1. The molecule has 0 aliphatic carbocycles. The van der Waals surface area contributed by atoms with Crippen molar-refractivity contribution in [3.8, 4) is 5.69 Å². The molecule has 0 bridgehead atoms. The molecule has 2 amide bonds. The van der Waals surface area contributed by atoms with Crippen molar-refractivity contribution in [1.82, 2.24) is 19.6 Å². The number of rotatable bonds is 5. The molecule has 0 aliphatic heterocycles. The number of benzene rings is 1. The average Bonchev–Trinajstić information content (AvgIpc) is 3.18. The second-order valence-electron chi connectivity index (χ2n) is 5.21. The fourth-order valence-corrected chi connectivity index (χ4v) is 2.32. The summed E-state index contributed by atoms with van der Waals surface area (Å²) in [6.45, 7) is 2.35. The summed E-state index contributed by atoms with van der Waals surface area (Å²) in [6.07, 6.45) is 4.80. The maximum absolute atomic E-state index is 12.2. The van der Waals surface area contributed by atoms with Crippen molar-refractivity contribution in [1.29, 1.82) is 0 Å². The molecule has 124 valence electrons. The van der Waals surface area contributed by atoms with E-state index in [1.54, 1.807) is 27.8 Å². The Morgan fingerprint density at radius 3 is 2.83 bits per heavy atom. The van der Waals surface area contributed by atoms with E-state index in [0.717, 1.165) is 11.3 Å². The number of anilines is 2. The zero-order chi connectivity index (χ0) is 16.9. The minimum atomic E-state index is -0.395. The van der Waals surface area contributed by atoms with Crippen LogP contribution >= 0.6 is 0 Å². The predicted octanol–water partition coefficient (Wildman–Crippen LogP) is 2.01. The third-order valence-electron chi connectivity index (χ3n) is 3.45. The van der Waals surface area contributed by atoms with Crippen LogP contribution in [-0.2, 0) is 6.54 Å². The third-order valence-corrected chi connectivity index (χ3v) is 3.45. The van der Waals surface area contributed by atoms with Gasteiger partial charge in [0.1, 0.15) is 5.82 Å². The van der Waals surface area contributed by atoms with Crippen LogP contribution < -0.4 is 10.6 Å². The zero-order valence-corrected chi connectivity index (χ0v) is 13.2. The molecule has 0 radical (unpaired) electrons. The van der Waals surface area contributed by atoms with Crippen LogP contribution in [0.15, 0.2) is 48.9 Å². The van der Waals surface area contributed by atoms with Crippen molar-refractivity contribution >= 4 is 17.5 Å². The Morgan fingerprint density at radius 1 is 1.21 bits per heavy atom. The van der Waals surface area contributed by atoms with Gasteiger partial charge in [-0.05, 0) is 18.6 Å². The van der Waals surface area contributed by atoms with E-state index in [2.05, 4.69) is 20.8 Å². The molecule has 2 aromatic heterocycles. The van der Waals surface area contributed by atoms with Gasteiger partial charge in [-0.15, -0.1) is 0 Å². The fraction of sp³-hybridized carbons (Fsp3) is 0.188. The van der Waals surface area contributed by atoms with Crippen molar-refractivity contribution in [2.24, 2.45) is 0 Å². The van der Waals surface area contributed by atoms with Gasteiger partial charge < -0.3 is 10.4 Å². The monoisotopic (exact) mass is 326 g/mol. The highest BCUT2D eigenvalue weighted by atomic mass is 16.3. The normalized spacial score (nSPS) is 10.6. The molecule has 2 heterocycles. The molecule has 8 heteroatoms. The van der Waals surface area contributed by atoms with Crippen molar-refractivity contribution < 1.29 is 9.90 Å². The van der Waals surface area contributed by atoms with E-state index < -0.39 is 6.03 Å². The molecule has 8 nitrogen and oxygen atoms in total. The molecule has 0 saturated carbocycles. The van der Waals surface area contributed by atoms with Crippen LogP contribution in [0.2, 0.25) is 0 Å². The Balaban J connectivity index is 1.71. The van der Waals surface area contributed by atoms with Gasteiger partial charge in [0.2, 0.25) is 0 Å². The number of carbonyl (C=O) groups is 1. The van der Waals surface area contributed by atoms with Gasteiger partial charge in [0.25, 0.3) is 0 Å². The standard InChI is InChI=1S/C16H18N6O2/c1-12-4-2-3-5-14(12)22-15(6-7-17-22)20-16(24)19-13-10-18-21(11-13)8-9-23/h2-7,10-11,23H,8-9H2,1H3,(H2,19,20,24). The highest BCUT2D eigenvalue weighted by Crippen LogP contribution is 2.18. The van der Waals surface area contributed by atoms with Gasteiger partial charge in [0.15, 0.2) is 0 Å². The molecular formula is C16H18N6O2.